The van der Waals surface area contributed by atoms with E-state index in [0.717, 1.165) is 31.7 Å². The Morgan fingerprint density at radius 3 is 2.54 bits per heavy atom. The van der Waals surface area contributed by atoms with Crippen molar-refractivity contribution >= 4 is 0 Å². The van der Waals surface area contributed by atoms with Crippen molar-refractivity contribution in [3.05, 3.63) is 29.8 Å². The number of hydrogen-bond donors (Lipinski definition) is 1. The quantitative estimate of drug-likeness (QED) is 0.919. The topological polar surface area (TPSA) is 30.0 Å². The van der Waals surface area contributed by atoms with E-state index in [9.17, 15) is 5.11 Å². The van der Waals surface area contributed by atoms with Gasteiger partial charge in [0.25, 0.3) is 0 Å². The van der Waals surface area contributed by atoms with Crippen molar-refractivity contribution in [3.63, 3.8) is 0 Å². The van der Waals surface area contributed by atoms with Gasteiger partial charge in [0.2, 0.25) is 0 Å². The van der Waals surface area contributed by atoms with E-state index in [1.807, 2.05) is 18.2 Å². The Kier molecular flexibility index (Phi) is 5.19. The van der Waals surface area contributed by atoms with Crippen molar-refractivity contribution in [2.24, 2.45) is 5.92 Å². The Bertz CT molecular complexity index is 558. The Labute approximate surface area is 147 Å². The predicted octanol–water partition coefficient (Wildman–Crippen LogP) is 2.63. The molecule has 134 valence electrons. The van der Waals surface area contributed by atoms with Gasteiger partial charge in [0, 0.05) is 63.0 Å². The van der Waals surface area contributed by atoms with Crippen molar-refractivity contribution in [1.82, 2.24) is 14.7 Å². The maximum Gasteiger partial charge on any atom is 0.120 e. The maximum atomic E-state index is 10.1. The summed E-state index contributed by atoms with van der Waals surface area (Å²) in [6, 6.07) is 8.33. The van der Waals surface area contributed by atoms with Crippen LogP contribution in [0, 0.1) is 5.92 Å². The number of fused-ring (bicyclic) bond motifs is 1. The molecule has 1 aromatic rings. The molecule has 2 aliphatic rings. The van der Waals surface area contributed by atoms with Crippen molar-refractivity contribution in [2.45, 2.75) is 45.8 Å². The Morgan fingerprint density at radius 1 is 1.12 bits per heavy atom. The van der Waals surface area contributed by atoms with Crippen LogP contribution in [0.5, 0.6) is 5.75 Å². The zero-order chi connectivity index (χ0) is 17.3. The molecule has 1 aromatic carbocycles. The molecular formula is C20H33N3O. The summed E-state index contributed by atoms with van der Waals surface area (Å²) in [7, 11) is 0. The number of rotatable bonds is 4. The summed E-state index contributed by atoms with van der Waals surface area (Å²) in [5.41, 5.74) is 1.29. The average Bonchev–Trinajstić information content (AvgIpc) is 2.48. The molecule has 0 bridgehead atoms. The lowest BCUT2D eigenvalue weighted by Crippen LogP contribution is -2.69. The van der Waals surface area contributed by atoms with Crippen LogP contribution in [-0.2, 0) is 6.54 Å². The average molecular weight is 332 g/mol. The van der Waals surface area contributed by atoms with E-state index in [-0.39, 0.29) is 5.54 Å². The number of nitrogens with zero attached hydrogens (tertiary/aromatic N) is 3. The van der Waals surface area contributed by atoms with E-state index in [1.165, 1.54) is 19.6 Å². The van der Waals surface area contributed by atoms with Gasteiger partial charge in [0.05, 0.1) is 0 Å². The van der Waals surface area contributed by atoms with Crippen LogP contribution in [0.15, 0.2) is 24.3 Å². The van der Waals surface area contributed by atoms with Crippen molar-refractivity contribution in [3.8, 4) is 5.75 Å². The molecule has 24 heavy (non-hydrogen) atoms. The normalized spacial score (nSPS) is 25.8. The van der Waals surface area contributed by atoms with Crippen LogP contribution >= 0.6 is 0 Å². The van der Waals surface area contributed by atoms with Crippen LogP contribution in [0.2, 0.25) is 0 Å². The van der Waals surface area contributed by atoms with Gasteiger partial charge < -0.3 is 5.11 Å². The summed E-state index contributed by atoms with van der Waals surface area (Å²) in [6.45, 7) is 17.1. The predicted molar refractivity (Wildman–Crippen MR) is 99.2 cm³/mol. The minimum atomic E-state index is 0.249. The number of piperazine rings is 2. The SMILES string of the molecule is CC(C)CN1C[C@@H]2CN(Cc3ccccc3O)CCN2C(C)(C)C1. The molecule has 2 fully saturated rings. The van der Waals surface area contributed by atoms with E-state index < -0.39 is 0 Å². The lowest BCUT2D eigenvalue weighted by atomic mass is 9.92. The number of phenolic OH excluding ortho intramolecular Hbond substituents is 1. The third kappa shape index (κ3) is 3.93. The van der Waals surface area contributed by atoms with Crippen LogP contribution in [-0.4, -0.2) is 70.7 Å². The smallest absolute Gasteiger partial charge is 0.120 e. The van der Waals surface area contributed by atoms with Crippen molar-refractivity contribution in [2.75, 3.05) is 39.3 Å². The summed E-state index contributed by atoms with van der Waals surface area (Å²) in [4.78, 5) is 7.87. The lowest BCUT2D eigenvalue weighted by molar-refractivity contribution is -0.0684. The fourth-order valence-corrected chi connectivity index (χ4v) is 4.56. The minimum Gasteiger partial charge on any atom is -0.508 e. The van der Waals surface area contributed by atoms with Gasteiger partial charge in [-0.2, -0.15) is 0 Å². The van der Waals surface area contributed by atoms with Gasteiger partial charge in [0.15, 0.2) is 0 Å². The highest BCUT2D eigenvalue weighted by molar-refractivity contribution is 5.31. The molecule has 1 atom stereocenters. The van der Waals surface area contributed by atoms with Gasteiger partial charge in [-0.05, 0) is 25.8 Å². The highest BCUT2D eigenvalue weighted by Gasteiger charge is 2.42. The van der Waals surface area contributed by atoms with Crippen LogP contribution in [0.4, 0.5) is 0 Å². The van der Waals surface area contributed by atoms with Gasteiger partial charge >= 0.3 is 0 Å². The molecular weight excluding hydrogens is 298 g/mol. The fourth-order valence-electron chi connectivity index (χ4n) is 4.56. The van der Waals surface area contributed by atoms with Crippen LogP contribution in [0.1, 0.15) is 33.3 Å². The maximum absolute atomic E-state index is 10.1. The van der Waals surface area contributed by atoms with Crippen molar-refractivity contribution in [1.29, 1.82) is 0 Å². The second kappa shape index (κ2) is 7.03. The van der Waals surface area contributed by atoms with Gasteiger partial charge in [-0.1, -0.05) is 32.0 Å². The Morgan fingerprint density at radius 2 is 1.83 bits per heavy atom. The van der Waals surface area contributed by atoms with Crippen LogP contribution in [0.3, 0.4) is 0 Å². The number of aromatic hydroxyl groups is 1. The minimum absolute atomic E-state index is 0.249. The van der Waals surface area contributed by atoms with E-state index in [2.05, 4.69) is 42.4 Å². The summed E-state index contributed by atoms with van der Waals surface area (Å²) >= 11 is 0. The third-order valence-corrected chi connectivity index (χ3v) is 5.43. The van der Waals surface area contributed by atoms with Crippen LogP contribution in [0.25, 0.3) is 0 Å². The van der Waals surface area contributed by atoms with Gasteiger partial charge in [-0.3, -0.25) is 14.7 Å². The summed E-state index contributed by atoms with van der Waals surface area (Å²) < 4.78 is 0. The van der Waals surface area contributed by atoms with Crippen molar-refractivity contribution < 1.29 is 5.11 Å². The first-order valence-corrected chi connectivity index (χ1v) is 9.33. The first kappa shape index (κ1) is 17.7. The third-order valence-electron chi connectivity index (χ3n) is 5.43. The van der Waals surface area contributed by atoms with E-state index in [4.69, 9.17) is 0 Å². The monoisotopic (exact) mass is 331 g/mol. The molecule has 1 N–H and O–H groups in total. The first-order chi connectivity index (χ1) is 11.3. The number of phenols is 1. The molecule has 0 spiro atoms. The molecule has 2 heterocycles. The van der Waals surface area contributed by atoms with Gasteiger partial charge in [0.1, 0.15) is 5.75 Å². The number of benzene rings is 1. The molecule has 4 heteroatoms. The second-order valence-electron chi connectivity index (χ2n) is 8.61. The molecule has 0 aromatic heterocycles. The second-order valence-corrected chi connectivity index (χ2v) is 8.61. The molecule has 0 aliphatic carbocycles. The lowest BCUT2D eigenvalue weighted by Gasteiger charge is -2.56. The highest BCUT2D eigenvalue weighted by atomic mass is 16.3. The Hall–Kier alpha value is -1.10. The fraction of sp³-hybridized carbons (Fsp3) is 0.700. The molecule has 0 saturated carbocycles. The van der Waals surface area contributed by atoms with E-state index in [1.54, 1.807) is 6.07 Å². The Balaban J connectivity index is 1.67. The zero-order valence-corrected chi connectivity index (χ0v) is 15.7. The number of para-hydroxylation sites is 1. The standard InChI is InChI=1S/C20H33N3O/c1-16(2)11-22-14-18-13-21(9-10-23(18)20(3,4)15-22)12-17-7-5-6-8-19(17)24/h5-8,16,18,24H,9-15H2,1-4H3/t18-/m0/s1. The zero-order valence-electron chi connectivity index (χ0n) is 15.7. The molecule has 0 amide bonds. The van der Waals surface area contributed by atoms with Crippen LogP contribution < -0.4 is 0 Å². The van der Waals surface area contributed by atoms with Gasteiger partial charge in [-0.15, -0.1) is 0 Å². The summed E-state index contributed by atoms with van der Waals surface area (Å²) in [6.07, 6.45) is 0. The molecule has 3 rings (SSSR count). The van der Waals surface area contributed by atoms with E-state index in [0.29, 0.717) is 17.7 Å². The number of hydrogen-bond acceptors (Lipinski definition) is 4. The highest BCUT2D eigenvalue weighted by Crippen LogP contribution is 2.29. The first-order valence-electron chi connectivity index (χ1n) is 9.33. The van der Waals surface area contributed by atoms with E-state index >= 15 is 0 Å². The molecule has 2 saturated heterocycles. The summed E-state index contributed by atoms with van der Waals surface area (Å²) in [5.74, 6) is 1.14. The van der Waals surface area contributed by atoms with Gasteiger partial charge in [-0.25, -0.2) is 0 Å². The molecule has 0 radical (unpaired) electrons. The largest absolute Gasteiger partial charge is 0.508 e. The molecule has 2 aliphatic heterocycles. The summed E-state index contributed by atoms with van der Waals surface area (Å²) in [5, 5.41) is 10.1. The molecule has 4 nitrogen and oxygen atoms in total. The molecule has 0 unspecified atom stereocenters.